The average molecular weight is 1140 g/mol. The van der Waals surface area contributed by atoms with Crippen molar-refractivity contribution in [3.8, 4) is 0 Å². The third-order valence-electron chi connectivity index (χ3n) is 19.4. The van der Waals surface area contributed by atoms with Gasteiger partial charge in [0.15, 0.2) is 24.7 Å². The summed E-state index contributed by atoms with van der Waals surface area (Å²) in [7, 11) is 0. The molecule has 0 aromatic heterocycles. The van der Waals surface area contributed by atoms with Crippen molar-refractivity contribution >= 4 is 28.5 Å². The van der Waals surface area contributed by atoms with Crippen LogP contribution in [0.5, 0.6) is 0 Å². The highest BCUT2D eigenvalue weighted by molar-refractivity contribution is 14.1. The van der Waals surface area contributed by atoms with E-state index in [1.54, 1.807) is 19.1 Å². The maximum atomic E-state index is 12.7. The maximum absolute atomic E-state index is 12.7. The van der Waals surface area contributed by atoms with Gasteiger partial charge in [0.05, 0.1) is 49.8 Å². The third kappa shape index (κ3) is 9.94. The number of ether oxygens (including phenoxy) is 9. The van der Waals surface area contributed by atoms with E-state index < -0.39 is 105 Å². The molecule has 0 radical (unpaired) electrons. The Morgan fingerprint density at radius 3 is 2.23 bits per heavy atom. The molecule has 3 saturated carbocycles. The van der Waals surface area contributed by atoms with Crippen molar-refractivity contribution < 1.29 is 83.2 Å². The second-order valence-corrected chi connectivity index (χ2v) is 24.8. The summed E-state index contributed by atoms with van der Waals surface area (Å²) in [5, 5.41) is 80.9. The number of aliphatic hydroxyl groups is 7. The smallest absolute Gasteiger partial charge is 0.252 e. The molecular formula is C54H80INO17. The van der Waals surface area contributed by atoms with Crippen LogP contribution in [0.15, 0.2) is 35.9 Å². The van der Waals surface area contributed by atoms with Gasteiger partial charge < -0.3 is 83.7 Å². The molecule has 1 aromatic rings. The van der Waals surface area contributed by atoms with Gasteiger partial charge in [0.1, 0.15) is 61.0 Å². The van der Waals surface area contributed by atoms with Crippen molar-refractivity contribution in [3.63, 3.8) is 0 Å². The molecule has 10 rings (SSSR count). The quantitative estimate of drug-likeness (QED) is 0.0849. The Balaban J connectivity index is 0.808. The first kappa shape index (κ1) is 54.9. The van der Waals surface area contributed by atoms with Crippen LogP contribution in [-0.4, -0.2) is 178 Å². The number of carbonyl (C=O) groups is 1. The molecule has 1 unspecified atom stereocenters. The lowest BCUT2D eigenvalue weighted by Crippen LogP contribution is -2.66. The highest BCUT2D eigenvalue weighted by atomic mass is 127. The van der Waals surface area contributed by atoms with Gasteiger partial charge in [-0.1, -0.05) is 51.5 Å². The molecule has 9 aliphatic rings. The molecule has 1 spiro atoms. The van der Waals surface area contributed by atoms with Gasteiger partial charge in [-0.15, -0.1) is 0 Å². The standard InChI is InChI=1S/C54H80INO17/c1-25-13-18-54(66-24-25)26(2)38-36(73-54)22-34-31-12-11-29-21-30(14-16-52(29,5)33(31)15-17-53(34,38)6)69-51-47(72-49-42(61)40(59)39(58)27(3)67-49)44(63)46(37(23-57)70-51)71-50-43(62)41(60)45(28(4)68-50)65-20-19-56-48(64)32-9-7-8-10-35(32)55/h7-11,25-28,30-31,33-34,36-47,49-51,57-63H,12-24H2,1-6H3,(H,56,64)/t25-,26-,27+,28+,30-,31+,33-,34?,36-,37+,38-,39+,40-,41+,42-,43-,44-,45+,46+,47+,49+,50+,51+,52-,53-,54+/m0/s1. The molecule has 19 heteroatoms. The summed E-state index contributed by atoms with van der Waals surface area (Å²) in [6, 6.07) is 7.14. The number of allylic oxidation sites excluding steroid dienone is 1. The predicted octanol–water partition coefficient (Wildman–Crippen LogP) is 3.30. The molecule has 4 aliphatic carbocycles. The highest BCUT2D eigenvalue weighted by Gasteiger charge is 2.69. The van der Waals surface area contributed by atoms with Gasteiger partial charge in [-0.2, -0.15) is 0 Å². The van der Waals surface area contributed by atoms with Crippen LogP contribution in [0, 0.1) is 49.9 Å². The minimum absolute atomic E-state index is 0.00444. The summed E-state index contributed by atoms with van der Waals surface area (Å²) in [6.07, 6.45) is -10.2. The molecule has 0 bridgehead atoms. The summed E-state index contributed by atoms with van der Waals surface area (Å²) >= 11 is 2.08. The molecule has 8 N–H and O–H groups in total. The number of carbonyl (C=O) groups excluding carboxylic acids is 1. The van der Waals surface area contributed by atoms with Gasteiger partial charge in [-0.25, -0.2) is 0 Å². The van der Waals surface area contributed by atoms with Crippen molar-refractivity contribution in [2.45, 2.75) is 209 Å². The van der Waals surface area contributed by atoms with Crippen molar-refractivity contribution in [1.29, 1.82) is 0 Å². The summed E-state index contributed by atoms with van der Waals surface area (Å²) in [6.45, 7) is 13.0. The van der Waals surface area contributed by atoms with Crippen LogP contribution in [-0.2, 0) is 42.6 Å². The minimum atomic E-state index is -1.73. The molecule has 410 valence electrons. The molecule has 5 saturated heterocycles. The Bertz CT molecular complexity index is 2130. The maximum Gasteiger partial charge on any atom is 0.252 e. The lowest BCUT2D eigenvalue weighted by molar-refractivity contribution is -0.389. The SMILES string of the molecule is C[C@H]1CC[C@@]2(OC1)O[C@H]1CC3[C@@H]4CC=C5C[C@@H](O[C@@H]6O[C@H](CO)[C@@H](O[C@H]7O[C@H](C)[C@@H](OCCNC(=O)c8ccccc8I)[C@H](O)[C@@H]7O)[C@H](O)[C@H]6O[C@H]6O[C@H](C)[C@@H](O)[C@H](O)[C@@H]6O)CC[C@]5(C)[C@H]4CC[C@]3(C)[C@H]1[C@@H]2C. The first-order valence-corrected chi connectivity index (χ1v) is 28.1. The van der Waals surface area contributed by atoms with Crippen LogP contribution in [0.1, 0.15) is 110 Å². The van der Waals surface area contributed by atoms with E-state index in [-0.39, 0.29) is 42.1 Å². The zero-order valence-corrected chi connectivity index (χ0v) is 45.1. The monoisotopic (exact) mass is 1140 g/mol. The fourth-order valence-corrected chi connectivity index (χ4v) is 15.9. The van der Waals surface area contributed by atoms with Gasteiger partial charge in [-0.3, -0.25) is 4.79 Å². The molecule has 1 amide bonds. The predicted molar refractivity (Wildman–Crippen MR) is 268 cm³/mol. The van der Waals surface area contributed by atoms with E-state index in [0.29, 0.717) is 53.9 Å². The molecule has 73 heavy (non-hydrogen) atoms. The summed E-state index contributed by atoms with van der Waals surface area (Å²) in [5.41, 5.74) is 2.00. The number of halogens is 1. The fourth-order valence-electron chi connectivity index (χ4n) is 15.3. The topological polar surface area (TPSA) is 254 Å². The molecule has 5 aliphatic heterocycles. The van der Waals surface area contributed by atoms with E-state index in [1.165, 1.54) is 12.5 Å². The van der Waals surface area contributed by atoms with E-state index in [4.69, 9.17) is 42.6 Å². The van der Waals surface area contributed by atoms with E-state index in [0.717, 1.165) is 55.1 Å². The average Bonchev–Trinajstić information content (AvgIpc) is 3.82. The molecule has 8 fully saturated rings. The van der Waals surface area contributed by atoms with Crippen LogP contribution in [0.3, 0.4) is 0 Å². The third-order valence-corrected chi connectivity index (χ3v) is 20.4. The number of fused-ring (bicyclic) bond motifs is 7. The second-order valence-electron chi connectivity index (χ2n) is 23.6. The lowest BCUT2D eigenvalue weighted by atomic mass is 9.47. The van der Waals surface area contributed by atoms with Crippen LogP contribution in [0.2, 0.25) is 0 Å². The summed E-state index contributed by atoms with van der Waals surface area (Å²) < 4.78 is 57.9. The van der Waals surface area contributed by atoms with Crippen molar-refractivity contribution in [2.75, 3.05) is 26.4 Å². The number of rotatable bonds is 12. The van der Waals surface area contributed by atoms with Crippen LogP contribution in [0.25, 0.3) is 0 Å². The first-order chi connectivity index (χ1) is 34.8. The van der Waals surface area contributed by atoms with Gasteiger partial charge in [-0.05, 0) is 140 Å². The van der Waals surface area contributed by atoms with Crippen molar-refractivity contribution in [2.24, 2.45) is 46.3 Å². The summed E-state index contributed by atoms with van der Waals surface area (Å²) in [4.78, 5) is 12.7. The lowest BCUT2D eigenvalue weighted by Gasteiger charge is -2.58. The van der Waals surface area contributed by atoms with E-state index >= 15 is 0 Å². The molecule has 18 nitrogen and oxygen atoms in total. The normalized spacial score (nSPS) is 50.6. The van der Waals surface area contributed by atoms with Crippen molar-refractivity contribution in [1.82, 2.24) is 5.32 Å². The Morgan fingerprint density at radius 1 is 0.781 bits per heavy atom. The zero-order valence-electron chi connectivity index (χ0n) is 42.9. The Hall–Kier alpha value is -1.48. The molecule has 5 heterocycles. The molecule has 26 atom stereocenters. The largest absolute Gasteiger partial charge is 0.394 e. The highest BCUT2D eigenvalue weighted by Crippen LogP contribution is 2.70. The minimum Gasteiger partial charge on any atom is -0.394 e. The second kappa shape index (κ2) is 21.6. The molecular weight excluding hydrogens is 1060 g/mol. The van der Waals surface area contributed by atoms with Crippen molar-refractivity contribution in [3.05, 3.63) is 45.0 Å². The van der Waals surface area contributed by atoms with Gasteiger partial charge in [0, 0.05) is 22.5 Å². The zero-order chi connectivity index (χ0) is 51.9. The first-order valence-electron chi connectivity index (χ1n) is 27.1. The van der Waals surface area contributed by atoms with E-state index in [2.05, 4.69) is 61.7 Å². The molecule has 1 aromatic carbocycles. The number of benzene rings is 1. The Labute approximate surface area is 442 Å². The van der Waals surface area contributed by atoms with Gasteiger partial charge >= 0.3 is 0 Å². The van der Waals surface area contributed by atoms with Crippen LogP contribution < -0.4 is 5.32 Å². The van der Waals surface area contributed by atoms with Crippen LogP contribution in [0.4, 0.5) is 0 Å². The number of hydrogen-bond acceptors (Lipinski definition) is 17. The van der Waals surface area contributed by atoms with Gasteiger partial charge in [0.2, 0.25) is 0 Å². The van der Waals surface area contributed by atoms with Crippen LogP contribution >= 0.6 is 22.6 Å². The van der Waals surface area contributed by atoms with E-state index in [9.17, 15) is 40.5 Å². The number of nitrogens with one attached hydrogen (secondary N) is 1. The number of amides is 1. The Kier molecular flexibility index (Phi) is 16.3. The number of hydrogen-bond donors (Lipinski definition) is 8. The Morgan fingerprint density at radius 2 is 1.51 bits per heavy atom. The summed E-state index contributed by atoms with van der Waals surface area (Å²) in [5.74, 6) is 2.27. The number of aliphatic hydroxyl groups excluding tert-OH is 7. The van der Waals surface area contributed by atoms with E-state index in [1.807, 2.05) is 12.1 Å². The fraction of sp³-hybridized carbons (Fsp3) is 0.833. The van der Waals surface area contributed by atoms with Gasteiger partial charge in [0.25, 0.3) is 5.91 Å².